The number of alkyl halides is 3. The van der Waals surface area contributed by atoms with Crippen molar-refractivity contribution in [2.75, 3.05) is 4.72 Å². The zero-order chi connectivity index (χ0) is 13.9. The van der Waals surface area contributed by atoms with Crippen LogP contribution in [0.25, 0.3) is 0 Å². The van der Waals surface area contributed by atoms with E-state index in [0.717, 1.165) is 18.0 Å². The van der Waals surface area contributed by atoms with Crippen molar-refractivity contribution in [2.24, 2.45) is 0 Å². The summed E-state index contributed by atoms with van der Waals surface area (Å²) in [5.74, 6) is -0.0102. The Labute approximate surface area is 111 Å². The van der Waals surface area contributed by atoms with Crippen LogP contribution in [0.2, 0.25) is 0 Å². The van der Waals surface area contributed by atoms with Gasteiger partial charge in [0.1, 0.15) is 0 Å². The second kappa shape index (κ2) is 5.40. The molecular formula is C12H9F3N2OS. The van der Waals surface area contributed by atoms with E-state index in [2.05, 4.69) is 9.71 Å². The molecule has 2 rings (SSSR count). The largest absolute Gasteiger partial charge is 0.504 e. The Balaban J connectivity index is 2.19. The quantitative estimate of drug-likeness (QED) is 0.839. The Bertz CT molecular complexity index is 575. The van der Waals surface area contributed by atoms with Crippen molar-refractivity contribution >= 4 is 17.8 Å². The first-order valence-corrected chi connectivity index (χ1v) is 6.03. The minimum Gasteiger partial charge on any atom is -0.504 e. The van der Waals surface area contributed by atoms with E-state index in [4.69, 9.17) is 0 Å². The maximum atomic E-state index is 12.7. The summed E-state index contributed by atoms with van der Waals surface area (Å²) in [6, 6.07) is 8.10. The summed E-state index contributed by atoms with van der Waals surface area (Å²) >= 11 is 0.749. The highest BCUT2D eigenvalue weighted by Gasteiger charge is 2.33. The fourth-order valence-corrected chi connectivity index (χ4v) is 2.17. The van der Waals surface area contributed by atoms with Crippen molar-refractivity contribution in [3.8, 4) is 5.75 Å². The molecule has 0 unspecified atom stereocenters. The molecule has 2 aromatic rings. The smallest absolute Gasteiger partial charge is 0.417 e. The molecule has 0 saturated carbocycles. The molecular weight excluding hydrogens is 277 g/mol. The van der Waals surface area contributed by atoms with Crippen LogP contribution in [-0.2, 0) is 6.18 Å². The zero-order valence-corrected chi connectivity index (χ0v) is 10.3. The number of rotatable bonds is 3. The molecule has 0 amide bonds. The molecule has 0 aliphatic carbocycles. The van der Waals surface area contributed by atoms with Crippen molar-refractivity contribution in [3.63, 3.8) is 0 Å². The number of nitrogens with zero attached hydrogens (tertiary/aromatic N) is 1. The molecule has 0 bridgehead atoms. The van der Waals surface area contributed by atoms with E-state index in [0.29, 0.717) is 0 Å². The van der Waals surface area contributed by atoms with E-state index >= 15 is 0 Å². The average molecular weight is 286 g/mol. The average Bonchev–Trinajstić information content (AvgIpc) is 2.37. The van der Waals surface area contributed by atoms with Crippen molar-refractivity contribution in [3.05, 3.63) is 48.2 Å². The van der Waals surface area contributed by atoms with Crippen LogP contribution in [0, 0.1) is 0 Å². The fraction of sp³-hybridized carbons (Fsp3) is 0.0833. The van der Waals surface area contributed by atoms with Crippen molar-refractivity contribution in [1.29, 1.82) is 0 Å². The van der Waals surface area contributed by atoms with Gasteiger partial charge in [-0.25, -0.2) is 4.98 Å². The van der Waals surface area contributed by atoms with Gasteiger partial charge in [0.2, 0.25) is 0 Å². The first-order chi connectivity index (χ1) is 8.98. The lowest BCUT2D eigenvalue weighted by molar-refractivity contribution is -0.139. The first kappa shape index (κ1) is 13.5. The van der Waals surface area contributed by atoms with Gasteiger partial charge in [0.25, 0.3) is 0 Å². The summed E-state index contributed by atoms with van der Waals surface area (Å²) in [6.07, 6.45) is -2.99. The van der Waals surface area contributed by atoms with Gasteiger partial charge >= 0.3 is 6.18 Å². The van der Waals surface area contributed by atoms with E-state index in [1.165, 1.54) is 36.5 Å². The van der Waals surface area contributed by atoms with Crippen LogP contribution in [0.1, 0.15) is 5.56 Å². The van der Waals surface area contributed by atoms with Crippen LogP contribution in [0.15, 0.2) is 47.5 Å². The van der Waals surface area contributed by atoms with Gasteiger partial charge in [0.15, 0.2) is 11.6 Å². The molecule has 100 valence electrons. The molecule has 19 heavy (non-hydrogen) atoms. The lowest BCUT2D eigenvalue weighted by atomic mass is 10.2. The Morgan fingerprint density at radius 1 is 1.11 bits per heavy atom. The fourth-order valence-electron chi connectivity index (χ4n) is 1.37. The molecule has 2 N–H and O–H groups in total. The second-order valence-electron chi connectivity index (χ2n) is 3.57. The van der Waals surface area contributed by atoms with Crippen LogP contribution in [0.5, 0.6) is 5.75 Å². The van der Waals surface area contributed by atoms with Crippen LogP contribution in [-0.4, -0.2) is 10.1 Å². The summed E-state index contributed by atoms with van der Waals surface area (Å²) in [6.45, 7) is 0. The van der Waals surface area contributed by atoms with Crippen LogP contribution in [0.3, 0.4) is 0 Å². The van der Waals surface area contributed by atoms with Gasteiger partial charge in [0, 0.05) is 11.1 Å². The number of aromatic nitrogens is 1. The molecule has 0 atom stereocenters. The number of hydrogen-bond acceptors (Lipinski definition) is 4. The molecule has 0 aliphatic rings. The van der Waals surface area contributed by atoms with Gasteiger partial charge in [-0.15, -0.1) is 0 Å². The number of aromatic hydroxyl groups is 1. The highest BCUT2D eigenvalue weighted by Crippen LogP contribution is 2.37. The lowest BCUT2D eigenvalue weighted by Crippen LogP contribution is -2.07. The monoisotopic (exact) mass is 286 g/mol. The molecule has 0 radical (unpaired) electrons. The van der Waals surface area contributed by atoms with Crippen LogP contribution >= 0.6 is 11.9 Å². The lowest BCUT2D eigenvalue weighted by Gasteiger charge is -2.12. The van der Waals surface area contributed by atoms with Crippen LogP contribution < -0.4 is 4.72 Å². The van der Waals surface area contributed by atoms with E-state index in [1.807, 2.05) is 0 Å². The SMILES string of the molecule is Oc1cccnc1NSc1ccccc1C(F)(F)F. The highest BCUT2D eigenvalue weighted by atomic mass is 32.2. The summed E-state index contributed by atoms with van der Waals surface area (Å²) < 4.78 is 40.8. The third-order valence-electron chi connectivity index (χ3n) is 2.24. The molecule has 3 nitrogen and oxygen atoms in total. The minimum atomic E-state index is -4.42. The van der Waals surface area contributed by atoms with Crippen LogP contribution in [0.4, 0.5) is 19.0 Å². The normalized spacial score (nSPS) is 11.3. The molecule has 7 heteroatoms. The maximum Gasteiger partial charge on any atom is 0.417 e. The highest BCUT2D eigenvalue weighted by molar-refractivity contribution is 8.00. The molecule has 1 aromatic carbocycles. The standard InChI is InChI=1S/C12H9F3N2OS/c13-12(14,15)8-4-1-2-6-10(8)19-17-11-9(18)5-3-7-16-11/h1-7,18H,(H,16,17). The topological polar surface area (TPSA) is 45.2 Å². The molecule has 0 fully saturated rings. The van der Waals surface area contributed by atoms with Gasteiger partial charge in [-0.1, -0.05) is 12.1 Å². The van der Waals surface area contributed by atoms with E-state index < -0.39 is 11.7 Å². The van der Waals surface area contributed by atoms with Gasteiger partial charge in [-0.3, -0.25) is 0 Å². The van der Waals surface area contributed by atoms with Gasteiger partial charge in [0.05, 0.1) is 5.56 Å². The number of anilines is 1. The number of hydrogen-bond donors (Lipinski definition) is 2. The molecule has 1 aromatic heterocycles. The predicted molar refractivity (Wildman–Crippen MR) is 66.8 cm³/mol. The Hall–Kier alpha value is -1.89. The number of benzene rings is 1. The maximum absolute atomic E-state index is 12.7. The summed E-state index contributed by atoms with van der Waals surface area (Å²) in [5, 5.41) is 9.46. The van der Waals surface area contributed by atoms with Crippen molar-refractivity contribution in [1.82, 2.24) is 4.98 Å². The number of nitrogens with one attached hydrogen (secondary N) is 1. The van der Waals surface area contributed by atoms with Crippen molar-refractivity contribution < 1.29 is 18.3 Å². The Morgan fingerprint density at radius 2 is 1.84 bits per heavy atom. The first-order valence-electron chi connectivity index (χ1n) is 5.21. The third-order valence-corrected chi connectivity index (χ3v) is 3.11. The van der Waals surface area contributed by atoms with Gasteiger partial charge < -0.3 is 9.83 Å². The molecule has 0 spiro atoms. The van der Waals surface area contributed by atoms with Gasteiger partial charge in [-0.2, -0.15) is 13.2 Å². The summed E-state index contributed by atoms with van der Waals surface area (Å²) in [7, 11) is 0. The minimum absolute atomic E-state index is 0.0139. The Kier molecular flexibility index (Phi) is 3.84. The molecule has 0 aliphatic heterocycles. The summed E-state index contributed by atoms with van der Waals surface area (Å²) in [5.41, 5.74) is -0.733. The zero-order valence-electron chi connectivity index (χ0n) is 9.48. The predicted octanol–water partition coefficient (Wildman–Crippen LogP) is 3.93. The van der Waals surface area contributed by atoms with E-state index in [9.17, 15) is 18.3 Å². The van der Waals surface area contributed by atoms with Gasteiger partial charge in [-0.05, 0) is 36.2 Å². The Morgan fingerprint density at radius 3 is 2.53 bits per heavy atom. The summed E-state index contributed by atoms with van der Waals surface area (Å²) in [4.78, 5) is 3.84. The number of pyridine rings is 1. The third kappa shape index (κ3) is 3.31. The number of halogens is 3. The van der Waals surface area contributed by atoms with E-state index in [1.54, 1.807) is 0 Å². The van der Waals surface area contributed by atoms with Crippen molar-refractivity contribution in [2.45, 2.75) is 11.1 Å². The van der Waals surface area contributed by atoms with E-state index in [-0.39, 0.29) is 16.5 Å². The molecule has 1 heterocycles. The second-order valence-corrected chi connectivity index (χ2v) is 4.42. The molecule has 0 saturated heterocycles.